The number of non-ortho nitro benzene ring substituents is 1. The fourth-order valence-corrected chi connectivity index (χ4v) is 3.60. The molecule has 1 aromatic heterocycles. The molecule has 158 valence electrons. The third-order valence-corrected chi connectivity index (χ3v) is 4.96. The molecule has 0 unspecified atom stereocenters. The molecule has 3 aromatic rings. The average Bonchev–Trinajstić information content (AvgIpc) is 3.13. The van der Waals surface area contributed by atoms with Gasteiger partial charge < -0.3 is 9.64 Å². The normalized spacial score (nSPS) is 12.2. The van der Waals surface area contributed by atoms with Crippen LogP contribution in [0.3, 0.4) is 0 Å². The summed E-state index contributed by atoms with van der Waals surface area (Å²) >= 11 is 0. The van der Waals surface area contributed by atoms with Crippen molar-refractivity contribution in [2.75, 3.05) is 11.5 Å². The van der Waals surface area contributed by atoms with Crippen molar-refractivity contribution in [3.8, 4) is 16.9 Å². The number of carbonyl (C=O) groups is 2. The quantitative estimate of drug-likeness (QED) is 0.360. The summed E-state index contributed by atoms with van der Waals surface area (Å²) in [6.45, 7) is 3.17. The van der Waals surface area contributed by atoms with Gasteiger partial charge in [-0.15, -0.1) is 0 Å². The molecule has 2 heterocycles. The minimum absolute atomic E-state index is 0.00965. The Bertz CT molecular complexity index is 1220. The van der Waals surface area contributed by atoms with Crippen LogP contribution in [0.2, 0.25) is 0 Å². The molecule has 1 aliphatic heterocycles. The molecule has 10 heteroatoms. The van der Waals surface area contributed by atoms with Gasteiger partial charge in [0, 0.05) is 30.2 Å². The molecule has 0 N–H and O–H groups in total. The highest BCUT2D eigenvalue weighted by atomic mass is 19.1. The zero-order chi connectivity index (χ0) is 22.3. The molecule has 4 rings (SSSR count). The summed E-state index contributed by atoms with van der Waals surface area (Å²) in [6, 6.07) is 9.57. The standard InChI is InChI=1S/C21H17FN4O5/c1-3-31-21(28)19-17-11-24(12(2)27)18-9-8-15(26(29)30)10-16(18)20(17)25(23-19)14-6-4-13(22)5-7-14/h4-10H,3,11H2,1-2H3. The second-order valence-corrected chi connectivity index (χ2v) is 6.85. The number of anilines is 1. The van der Waals surface area contributed by atoms with Crippen LogP contribution in [0, 0.1) is 15.9 Å². The smallest absolute Gasteiger partial charge is 0.359 e. The molecule has 31 heavy (non-hydrogen) atoms. The Labute approximate surface area is 175 Å². The number of halogens is 1. The Kier molecular flexibility index (Phi) is 4.97. The number of hydrogen-bond acceptors (Lipinski definition) is 6. The number of ether oxygens (including phenoxy) is 1. The van der Waals surface area contributed by atoms with Crippen LogP contribution in [0.15, 0.2) is 42.5 Å². The lowest BCUT2D eigenvalue weighted by molar-refractivity contribution is -0.384. The lowest BCUT2D eigenvalue weighted by atomic mass is 9.97. The predicted octanol–water partition coefficient (Wildman–Crippen LogP) is 3.63. The molecular formula is C21H17FN4O5. The van der Waals surface area contributed by atoms with Gasteiger partial charge in [-0.2, -0.15) is 5.10 Å². The first-order valence-corrected chi connectivity index (χ1v) is 9.43. The number of aromatic nitrogens is 2. The van der Waals surface area contributed by atoms with Crippen LogP contribution in [-0.2, 0) is 16.1 Å². The van der Waals surface area contributed by atoms with E-state index in [1.807, 2.05) is 0 Å². The van der Waals surface area contributed by atoms with E-state index < -0.39 is 16.7 Å². The highest BCUT2D eigenvalue weighted by Gasteiger charge is 2.35. The summed E-state index contributed by atoms with van der Waals surface area (Å²) in [5.41, 5.74) is 1.87. The molecule has 2 aromatic carbocycles. The van der Waals surface area contributed by atoms with E-state index in [-0.39, 0.29) is 30.4 Å². The summed E-state index contributed by atoms with van der Waals surface area (Å²) in [4.78, 5) is 37.2. The predicted molar refractivity (Wildman–Crippen MR) is 108 cm³/mol. The molecule has 1 amide bonds. The number of nitro benzene ring substituents is 1. The minimum Gasteiger partial charge on any atom is -0.461 e. The lowest BCUT2D eigenvalue weighted by Crippen LogP contribution is -2.31. The van der Waals surface area contributed by atoms with Crippen molar-refractivity contribution in [2.24, 2.45) is 0 Å². The number of amides is 1. The number of nitro groups is 1. The van der Waals surface area contributed by atoms with E-state index in [0.29, 0.717) is 28.2 Å². The minimum atomic E-state index is -0.683. The molecule has 0 saturated heterocycles. The van der Waals surface area contributed by atoms with Gasteiger partial charge in [-0.25, -0.2) is 13.9 Å². The topological polar surface area (TPSA) is 108 Å². The van der Waals surface area contributed by atoms with Crippen molar-refractivity contribution in [1.29, 1.82) is 0 Å². The van der Waals surface area contributed by atoms with Crippen LogP contribution >= 0.6 is 0 Å². The van der Waals surface area contributed by atoms with Gasteiger partial charge in [0.15, 0.2) is 5.69 Å². The van der Waals surface area contributed by atoms with Crippen molar-refractivity contribution < 1.29 is 23.6 Å². The Hall–Kier alpha value is -4.08. The van der Waals surface area contributed by atoms with Gasteiger partial charge in [0.25, 0.3) is 5.69 Å². The fraction of sp³-hybridized carbons (Fsp3) is 0.190. The third-order valence-electron chi connectivity index (χ3n) is 4.96. The maximum atomic E-state index is 13.5. The molecular weight excluding hydrogens is 407 g/mol. The number of rotatable bonds is 4. The summed E-state index contributed by atoms with van der Waals surface area (Å²) in [5.74, 6) is -1.43. The molecule has 0 spiro atoms. The van der Waals surface area contributed by atoms with Gasteiger partial charge in [0.05, 0.1) is 35.1 Å². The summed E-state index contributed by atoms with van der Waals surface area (Å²) in [7, 11) is 0. The van der Waals surface area contributed by atoms with E-state index in [1.54, 1.807) is 6.92 Å². The summed E-state index contributed by atoms with van der Waals surface area (Å²) in [6.07, 6.45) is 0. The third kappa shape index (κ3) is 3.41. The van der Waals surface area contributed by atoms with E-state index in [2.05, 4.69) is 5.10 Å². The largest absolute Gasteiger partial charge is 0.461 e. The monoisotopic (exact) mass is 424 g/mol. The molecule has 0 bridgehead atoms. The van der Waals surface area contributed by atoms with Gasteiger partial charge >= 0.3 is 5.97 Å². The number of nitrogens with zero attached hydrogens (tertiary/aromatic N) is 4. The average molecular weight is 424 g/mol. The zero-order valence-electron chi connectivity index (χ0n) is 16.7. The van der Waals surface area contributed by atoms with Crippen molar-refractivity contribution >= 4 is 23.3 Å². The Balaban J connectivity index is 2.04. The molecule has 0 atom stereocenters. The number of benzene rings is 2. The van der Waals surface area contributed by atoms with Crippen LogP contribution in [-0.4, -0.2) is 33.2 Å². The van der Waals surface area contributed by atoms with Crippen LogP contribution in [0.4, 0.5) is 15.8 Å². The number of carbonyl (C=O) groups excluding carboxylic acids is 2. The van der Waals surface area contributed by atoms with E-state index >= 15 is 0 Å². The maximum absolute atomic E-state index is 13.5. The van der Waals surface area contributed by atoms with E-state index in [1.165, 1.54) is 59.0 Å². The Morgan fingerprint density at radius 1 is 1.23 bits per heavy atom. The van der Waals surface area contributed by atoms with Crippen LogP contribution in [0.25, 0.3) is 16.9 Å². The van der Waals surface area contributed by atoms with E-state index in [4.69, 9.17) is 4.74 Å². The SMILES string of the molecule is CCOC(=O)c1nn(-c2ccc(F)cc2)c2c1CN(C(C)=O)c1ccc([N+](=O)[O-])cc1-2. The van der Waals surface area contributed by atoms with Crippen molar-refractivity contribution in [3.05, 3.63) is 69.7 Å². The molecule has 0 fully saturated rings. The maximum Gasteiger partial charge on any atom is 0.359 e. The first kappa shape index (κ1) is 20.2. The van der Waals surface area contributed by atoms with Crippen molar-refractivity contribution in [2.45, 2.75) is 20.4 Å². The highest BCUT2D eigenvalue weighted by Crippen LogP contribution is 2.43. The molecule has 0 radical (unpaired) electrons. The molecule has 0 aliphatic carbocycles. The Morgan fingerprint density at radius 3 is 2.55 bits per heavy atom. The fourth-order valence-electron chi connectivity index (χ4n) is 3.60. The Morgan fingerprint density at radius 2 is 1.94 bits per heavy atom. The van der Waals surface area contributed by atoms with Crippen LogP contribution in [0.5, 0.6) is 0 Å². The second-order valence-electron chi connectivity index (χ2n) is 6.85. The second kappa shape index (κ2) is 7.63. The molecule has 0 saturated carbocycles. The molecule has 1 aliphatic rings. The van der Waals surface area contributed by atoms with Gasteiger partial charge in [-0.05, 0) is 37.3 Å². The first-order chi connectivity index (χ1) is 14.8. The number of esters is 1. The van der Waals surface area contributed by atoms with Gasteiger partial charge in [-0.1, -0.05) is 0 Å². The summed E-state index contributed by atoms with van der Waals surface area (Å²) in [5, 5.41) is 15.8. The number of fused-ring (bicyclic) bond motifs is 3. The van der Waals surface area contributed by atoms with E-state index in [9.17, 15) is 24.1 Å². The lowest BCUT2D eigenvalue weighted by Gasteiger charge is -2.29. The van der Waals surface area contributed by atoms with Crippen molar-refractivity contribution in [1.82, 2.24) is 9.78 Å². The van der Waals surface area contributed by atoms with E-state index in [0.717, 1.165) is 0 Å². The van der Waals surface area contributed by atoms with Crippen molar-refractivity contribution in [3.63, 3.8) is 0 Å². The van der Waals surface area contributed by atoms with Gasteiger partial charge in [0.2, 0.25) is 5.91 Å². The van der Waals surface area contributed by atoms with Gasteiger partial charge in [-0.3, -0.25) is 14.9 Å². The van der Waals surface area contributed by atoms with Crippen LogP contribution in [0.1, 0.15) is 29.9 Å². The molecule has 9 nitrogen and oxygen atoms in total. The zero-order valence-corrected chi connectivity index (χ0v) is 16.7. The van der Waals surface area contributed by atoms with Crippen LogP contribution < -0.4 is 4.90 Å². The van der Waals surface area contributed by atoms with Gasteiger partial charge in [0.1, 0.15) is 5.82 Å². The number of hydrogen-bond donors (Lipinski definition) is 0. The summed E-state index contributed by atoms with van der Waals surface area (Å²) < 4.78 is 20.0. The highest BCUT2D eigenvalue weighted by molar-refractivity contribution is 6.01. The first-order valence-electron chi connectivity index (χ1n) is 9.43.